The molecule has 2 aromatic rings. The molecule has 1 heterocycles. The summed E-state index contributed by atoms with van der Waals surface area (Å²) in [6.07, 6.45) is 6.36. The van der Waals surface area contributed by atoms with Crippen LogP contribution >= 0.6 is 11.6 Å². The van der Waals surface area contributed by atoms with Crippen molar-refractivity contribution in [1.82, 2.24) is 0 Å². The first-order chi connectivity index (χ1) is 19.0. The molecule has 0 aliphatic carbocycles. The highest BCUT2D eigenvalue weighted by Gasteiger charge is 2.28. The molecule has 0 saturated carbocycles. The molecule has 0 unspecified atom stereocenters. The van der Waals surface area contributed by atoms with E-state index in [0.29, 0.717) is 16.4 Å². The number of hydrogen-bond acceptors (Lipinski definition) is 9. The number of hydrogen-bond donors (Lipinski definition) is 0. The molecule has 202 valence electrons. The Bertz CT molecular complexity index is 1670. The second-order valence-electron chi connectivity index (χ2n) is 8.37. The predicted molar refractivity (Wildman–Crippen MR) is 147 cm³/mol. The highest BCUT2D eigenvalue weighted by atomic mass is 35.5. The summed E-state index contributed by atoms with van der Waals surface area (Å²) in [5.74, 6) is -1.27. The Morgan fingerprint density at radius 2 is 1.77 bits per heavy atom. The second kappa shape index (κ2) is 12.8. The number of allylic oxidation sites excluding steroid dienone is 7. The van der Waals surface area contributed by atoms with Gasteiger partial charge in [0.1, 0.15) is 5.82 Å². The van der Waals surface area contributed by atoms with Crippen LogP contribution < -0.4 is 14.9 Å². The number of aromatic carboxylic acids is 1. The van der Waals surface area contributed by atoms with Gasteiger partial charge in [-0.2, -0.15) is 5.26 Å². The van der Waals surface area contributed by atoms with Crippen molar-refractivity contribution < 1.29 is 22.9 Å². The average molecular weight is 574 g/mol. The normalized spacial score (nSPS) is 14.9. The van der Waals surface area contributed by atoms with Gasteiger partial charge in [0.25, 0.3) is 5.70 Å². The number of carbonyl (C=O) groups is 1. The lowest BCUT2D eigenvalue weighted by atomic mass is 9.95. The van der Waals surface area contributed by atoms with Crippen LogP contribution in [-0.2, 0) is 10.1 Å². The first-order valence-electron chi connectivity index (χ1n) is 11.6. The zero-order chi connectivity index (χ0) is 29.4. The van der Waals surface area contributed by atoms with Crippen LogP contribution in [0.15, 0.2) is 83.9 Å². The van der Waals surface area contributed by atoms with Crippen molar-refractivity contribution in [3.05, 3.63) is 111 Å². The number of carboxylic acids is 1. The lowest BCUT2D eigenvalue weighted by molar-refractivity contribution is -0.255. The lowest BCUT2D eigenvalue weighted by Crippen LogP contribution is -2.27. The molecule has 40 heavy (non-hydrogen) atoms. The van der Waals surface area contributed by atoms with E-state index in [2.05, 4.69) is 4.85 Å². The van der Waals surface area contributed by atoms with Gasteiger partial charge in [-0.3, -0.25) is 0 Å². The zero-order valence-corrected chi connectivity index (χ0v) is 22.6. The van der Waals surface area contributed by atoms with Crippen molar-refractivity contribution in [1.29, 1.82) is 10.5 Å². The van der Waals surface area contributed by atoms with E-state index in [1.54, 1.807) is 37.4 Å². The monoisotopic (exact) mass is 573 g/mol. The molecule has 3 rings (SSSR count). The summed E-state index contributed by atoms with van der Waals surface area (Å²) in [5, 5.41) is 30.9. The van der Waals surface area contributed by atoms with Gasteiger partial charge in [-0.25, -0.2) is 18.5 Å². The molecule has 0 amide bonds. The molecule has 0 bridgehead atoms. The minimum absolute atomic E-state index is 0.00393. The van der Waals surface area contributed by atoms with E-state index in [1.165, 1.54) is 36.4 Å². The highest BCUT2D eigenvalue weighted by Crippen LogP contribution is 2.42. The number of carbonyl (C=O) groups excluding carboxylic acids is 1. The fraction of sp³-hybridized carbons (Fsp3) is 0.143. The molecule has 0 atom stereocenters. The van der Waals surface area contributed by atoms with Gasteiger partial charge in [0.15, 0.2) is 0 Å². The molecule has 0 fully saturated rings. The number of fused-ring (bicyclic) bond motifs is 1. The van der Waals surface area contributed by atoms with E-state index in [0.717, 1.165) is 11.4 Å². The van der Waals surface area contributed by atoms with Crippen molar-refractivity contribution in [3.63, 3.8) is 0 Å². The third-order valence-electron chi connectivity index (χ3n) is 5.86. The Hall–Kier alpha value is -4.86. The van der Waals surface area contributed by atoms with Crippen molar-refractivity contribution in [2.75, 3.05) is 29.1 Å². The van der Waals surface area contributed by atoms with E-state index in [1.807, 2.05) is 21.9 Å². The van der Waals surface area contributed by atoms with Gasteiger partial charge in [-0.15, -0.1) is 0 Å². The first kappa shape index (κ1) is 29.7. The van der Waals surface area contributed by atoms with Crippen molar-refractivity contribution in [3.8, 4) is 12.1 Å². The number of rotatable bonds is 9. The van der Waals surface area contributed by atoms with E-state index in [9.17, 15) is 33.4 Å². The molecule has 0 aromatic heterocycles. The summed E-state index contributed by atoms with van der Waals surface area (Å²) in [6.45, 7) is 7.59. The molecule has 0 spiro atoms. The fourth-order valence-electron chi connectivity index (χ4n) is 4.06. The molecular weight excluding hydrogens is 554 g/mol. The van der Waals surface area contributed by atoms with Gasteiger partial charge in [0, 0.05) is 29.9 Å². The summed E-state index contributed by atoms with van der Waals surface area (Å²) in [7, 11) is -2.58. The topological polar surface area (TPSA) is 156 Å². The van der Waals surface area contributed by atoms with Crippen LogP contribution in [-0.4, -0.2) is 38.3 Å². The molecule has 2 aromatic carbocycles. The van der Waals surface area contributed by atoms with Gasteiger partial charge >= 0.3 is 0 Å². The Morgan fingerprint density at radius 1 is 1.10 bits per heavy atom. The predicted octanol–water partition coefficient (Wildman–Crippen LogP) is 3.60. The molecular formula is C28H20ClN5O5S-2. The number of carboxylic acid groups (broad SMARTS) is 1. The van der Waals surface area contributed by atoms with Crippen molar-refractivity contribution in [2.24, 2.45) is 0 Å². The Labute approximate surface area is 236 Å². The summed E-state index contributed by atoms with van der Waals surface area (Å²) in [6, 6.07) is 14.3. The van der Waals surface area contributed by atoms with Crippen LogP contribution in [0.4, 0.5) is 11.4 Å². The van der Waals surface area contributed by atoms with Crippen LogP contribution in [0, 0.1) is 29.2 Å². The van der Waals surface area contributed by atoms with Crippen molar-refractivity contribution in [2.45, 2.75) is 6.42 Å². The smallest absolute Gasteiger partial charge is 0.270 e. The summed E-state index contributed by atoms with van der Waals surface area (Å²) < 4.78 is 33.3. The van der Waals surface area contributed by atoms with Gasteiger partial charge in [0.2, 0.25) is 0 Å². The van der Waals surface area contributed by atoms with Crippen LogP contribution in [0.1, 0.15) is 22.3 Å². The second-order valence-corrected chi connectivity index (χ2v) is 10.3. The third-order valence-corrected chi connectivity index (χ3v) is 6.88. The molecule has 1 aliphatic rings. The highest BCUT2D eigenvalue weighted by molar-refractivity contribution is 7.85. The minimum atomic E-state index is -4.38. The quantitative estimate of drug-likeness (QED) is 0.189. The van der Waals surface area contributed by atoms with Crippen LogP contribution in [0.5, 0.6) is 0 Å². The maximum absolute atomic E-state index is 11.1. The van der Waals surface area contributed by atoms with Gasteiger partial charge in [-0.05, 0) is 47.9 Å². The third kappa shape index (κ3) is 6.96. The van der Waals surface area contributed by atoms with Crippen LogP contribution in [0.25, 0.3) is 10.4 Å². The molecule has 0 saturated heterocycles. The number of anilines is 2. The lowest BCUT2D eigenvalue weighted by Gasteiger charge is -2.23. The maximum Gasteiger partial charge on any atom is 0.270 e. The SMILES string of the molecule is [C-]#[N+]/C(C#N)=C(/C(C#N)=C/C=C/C=C1\N(C)c2ccc(Cl)cc2N1CCCS(=O)(=O)[O-])c1ccc(C(=O)[O-])cc1. The van der Waals surface area contributed by atoms with Crippen LogP contribution in [0.2, 0.25) is 5.02 Å². The summed E-state index contributed by atoms with van der Waals surface area (Å²) >= 11 is 6.18. The van der Waals surface area contributed by atoms with E-state index < -0.39 is 21.8 Å². The molecule has 1 aliphatic heterocycles. The molecule has 10 nitrogen and oxygen atoms in total. The molecule has 0 N–H and O–H groups in total. The maximum atomic E-state index is 11.1. The van der Waals surface area contributed by atoms with Gasteiger partial charge < -0.3 is 24.3 Å². The number of nitrogens with zero attached hydrogens (tertiary/aromatic N) is 5. The number of benzene rings is 2. The largest absolute Gasteiger partial charge is 0.748 e. The zero-order valence-electron chi connectivity index (χ0n) is 21.0. The standard InChI is InChI=1S/C28H22ClN5O5S/c1-32-23(18-31)27(19-8-10-20(11-9-19)28(35)36)21(17-30)6-3-4-7-26-33(2)24-13-12-22(29)16-25(24)34(26)14-5-15-40(37,38)39/h3-4,6-13,16H,5,14-15H2,2H3,(H,35,36)(H,37,38,39)/p-2/b4-3+,21-6+,26-7+,27-23+. The minimum Gasteiger partial charge on any atom is -0.748 e. The summed E-state index contributed by atoms with van der Waals surface area (Å²) in [4.78, 5) is 18.0. The Balaban J connectivity index is 1.98. The summed E-state index contributed by atoms with van der Waals surface area (Å²) in [5.41, 5.74) is 1.44. The van der Waals surface area contributed by atoms with Crippen LogP contribution in [0.3, 0.4) is 0 Å². The fourth-order valence-corrected chi connectivity index (χ4v) is 4.71. The number of halogens is 1. The average Bonchev–Trinajstić information content (AvgIpc) is 3.17. The van der Waals surface area contributed by atoms with Gasteiger partial charge in [0.05, 0.1) is 51.7 Å². The van der Waals surface area contributed by atoms with Crippen molar-refractivity contribution >= 4 is 44.6 Å². The van der Waals surface area contributed by atoms with E-state index in [4.69, 9.17) is 18.2 Å². The Kier molecular flexibility index (Phi) is 9.50. The van der Waals surface area contributed by atoms with E-state index >= 15 is 0 Å². The molecule has 12 heteroatoms. The molecule has 0 radical (unpaired) electrons. The van der Waals surface area contributed by atoms with E-state index in [-0.39, 0.29) is 35.4 Å². The van der Waals surface area contributed by atoms with Gasteiger partial charge in [-0.1, -0.05) is 48.0 Å². The first-order valence-corrected chi connectivity index (χ1v) is 13.5. The Morgan fingerprint density at radius 3 is 2.35 bits per heavy atom. The number of nitriles is 2.